The zero-order valence-corrected chi connectivity index (χ0v) is 13.8. The molecule has 1 aromatic heterocycles. The van der Waals surface area contributed by atoms with Gasteiger partial charge in [-0.25, -0.2) is 9.67 Å². The monoisotopic (exact) mass is 312 g/mol. The topological polar surface area (TPSA) is 52.0 Å². The van der Waals surface area contributed by atoms with Crippen LogP contribution >= 0.6 is 0 Å². The Morgan fingerprint density at radius 1 is 1.39 bits per heavy atom. The van der Waals surface area contributed by atoms with E-state index in [9.17, 15) is 0 Å². The van der Waals surface area contributed by atoms with Crippen molar-refractivity contribution in [3.63, 3.8) is 0 Å². The highest BCUT2D eigenvalue weighted by atomic mass is 16.5. The summed E-state index contributed by atoms with van der Waals surface area (Å²) in [4.78, 5) is 4.56. The van der Waals surface area contributed by atoms with Crippen LogP contribution in [0.4, 0.5) is 0 Å². The molecule has 0 bridgehead atoms. The highest BCUT2D eigenvalue weighted by molar-refractivity contribution is 5.57. The van der Waals surface area contributed by atoms with Crippen LogP contribution in [0.2, 0.25) is 0 Å². The van der Waals surface area contributed by atoms with Gasteiger partial charge >= 0.3 is 0 Å². The molecule has 2 aromatic rings. The summed E-state index contributed by atoms with van der Waals surface area (Å²) in [5, 5.41) is 8.13. The number of rotatable bonds is 6. The normalized spacial score (nSPS) is 17.4. The fourth-order valence-corrected chi connectivity index (χ4v) is 2.90. The first-order valence-corrected chi connectivity index (χ1v) is 8.25. The molecule has 0 amide bonds. The number of aromatic nitrogens is 3. The number of ether oxygens (including phenoxy) is 1. The maximum atomic E-state index is 5.35. The zero-order chi connectivity index (χ0) is 16.1. The molecular formula is C18H24N4O. The lowest BCUT2D eigenvalue weighted by Gasteiger charge is -2.23. The van der Waals surface area contributed by atoms with Crippen molar-refractivity contribution in [2.75, 3.05) is 13.7 Å². The maximum Gasteiger partial charge on any atom is 0.150 e. The summed E-state index contributed by atoms with van der Waals surface area (Å²) in [5.74, 6) is 2.99. The second-order valence-corrected chi connectivity index (χ2v) is 5.77. The fraction of sp³-hybridized carbons (Fsp3) is 0.444. The number of hydrogen-bond donors (Lipinski definition) is 1. The van der Waals surface area contributed by atoms with Crippen molar-refractivity contribution in [2.24, 2.45) is 0 Å². The predicted molar refractivity (Wildman–Crippen MR) is 91.5 cm³/mol. The first kappa shape index (κ1) is 15.7. The van der Waals surface area contributed by atoms with Crippen LogP contribution in [0.3, 0.4) is 0 Å². The summed E-state index contributed by atoms with van der Waals surface area (Å²) in [7, 11) is 1.70. The van der Waals surface area contributed by atoms with E-state index in [0.29, 0.717) is 6.04 Å². The molecule has 0 saturated heterocycles. The van der Waals surface area contributed by atoms with Crippen molar-refractivity contribution in [1.82, 2.24) is 20.1 Å². The molecule has 5 heteroatoms. The lowest BCUT2D eigenvalue weighted by atomic mass is 10.1. The summed E-state index contributed by atoms with van der Waals surface area (Å²) in [6, 6.07) is 8.50. The van der Waals surface area contributed by atoms with Crippen molar-refractivity contribution in [3.8, 4) is 5.75 Å². The molecule has 0 saturated carbocycles. The highest BCUT2D eigenvalue weighted by Gasteiger charge is 2.20. The van der Waals surface area contributed by atoms with Gasteiger partial charge in [0.15, 0.2) is 5.82 Å². The van der Waals surface area contributed by atoms with Crippen LogP contribution in [0.1, 0.15) is 30.6 Å². The van der Waals surface area contributed by atoms with Crippen LogP contribution in [0.25, 0.3) is 6.08 Å². The van der Waals surface area contributed by atoms with Gasteiger partial charge in [-0.15, -0.1) is 0 Å². The van der Waals surface area contributed by atoms with Gasteiger partial charge in [-0.05, 0) is 12.5 Å². The number of aryl methyl sites for hydroxylation is 2. The third kappa shape index (κ3) is 3.79. The third-order valence-electron chi connectivity index (χ3n) is 4.18. The predicted octanol–water partition coefficient (Wildman–Crippen LogP) is 2.47. The second-order valence-electron chi connectivity index (χ2n) is 5.77. The van der Waals surface area contributed by atoms with Crippen molar-refractivity contribution in [1.29, 1.82) is 0 Å². The lowest BCUT2D eigenvalue weighted by Crippen LogP contribution is -2.37. The lowest BCUT2D eigenvalue weighted by molar-refractivity contribution is 0.369. The Balaban J connectivity index is 1.52. The molecule has 0 fully saturated rings. The highest BCUT2D eigenvalue weighted by Crippen LogP contribution is 2.18. The molecule has 0 spiro atoms. The molecule has 5 nitrogen and oxygen atoms in total. The minimum atomic E-state index is 0.455. The summed E-state index contributed by atoms with van der Waals surface area (Å²) in [6.45, 7) is 3.85. The Labute approximate surface area is 137 Å². The zero-order valence-electron chi connectivity index (χ0n) is 13.8. The van der Waals surface area contributed by atoms with E-state index in [2.05, 4.69) is 45.2 Å². The minimum Gasteiger partial charge on any atom is -0.496 e. The van der Waals surface area contributed by atoms with E-state index in [1.807, 2.05) is 18.2 Å². The molecule has 1 aliphatic heterocycles. The summed E-state index contributed by atoms with van der Waals surface area (Å²) in [6.07, 6.45) is 7.27. The maximum absolute atomic E-state index is 5.35. The molecule has 0 aliphatic carbocycles. The Morgan fingerprint density at radius 3 is 3.09 bits per heavy atom. The summed E-state index contributed by atoms with van der Waals surface area (Å²) in [5.41, 5.74) is 1.10. The fourth-order valence-electron chi connectivity index (χ4n) is 2.90. The van der Waals surface area contributed by atoms with E-state index in [-0.39, 0.29) is 0 Å². The SMILES string of the molecule is CCc1nc2n(n1)C[C@H](NC/C=C/c1ccccc1OC)CC2. The molecule has 1 N–H and O–H groups in total. The molecular weight excluding hydrogens is 288 g/mol. The standard InChI is InChI=1S/C18H24N4O/c1-3-17-20-18-11-10-15(13-22(18)21-17)19-12-6-8-14-7-4-5-9-16(14)23-2/h4-9,15,19H,3,10-13H2,1-2H3/b8-6+/t15-/m1/s1. The third-order valence-corrected chi connectivity index (χ3v) is 4.18. The average Bonchev–Trinajstić information content (AvgIpc) is 3.01. The summed E-state index contributed by atoms with van der Waals surface area (Å²) >= 11 is 0. The van der Waals surface area contributed by atoms with E-state index < -0.39 is 0 Å². The van der Waals surface area contributed by atoms with Crippen LogP contribution in [0, 0.1) is 0 Å². The molecule has 122 valence electrons. The van der Waals surface area contributed by atoms with Crippen molar-refractivity contribution >= 4 is 6.08 Å². The first-order chi connectivity index (χ1) is 11.3. The Hall–Kier alpha value is -2.14. The number of hydrogen-bond acceptors (Lipinski definition) is 4. The number of nitrogens with zero attached hydrogens (tertiary/aromatic N) is 3. The van der Waals surface area contributed by atoms with Crippen LogP contribution in [-0.4, -0.2) is 34.5 Å². The molecule has 1 aliphatic rings. The van der Waals surface area contributed by atoms with Gasteiger partial charge in [-0.1, -0.05) is 37.3 Å². The van der Waals surface area contributed by atoms with E-state index in [4.69, 9.17) is 4.74 Å². The van der Waals surface area contributed by atoms with Crippen molar-refractivity contribution < 1.29 is 4.74 Å². The van der Waals surface area contributed by atoms with Gasteiger partial charge < -0.3 is 10.1 Å². The van der Waals surface area contributed by atoms with E-state index in [1.54, 1.807) is 7.11 Å². The van der Waals surface area contributed by atoms with Crippen molar-refractivity contribution in [3.05, 3.63) is 47.6 Å². The van der Waals surface area contributed by atoms with Crippen LogP contribution < -0.4 is 10.1 Å². The Morgan fingerprint density at radius 2 is 2.26 bits per heavy atom. The Bertz CT molecular complexity index is 677. The molecule has 3 rings (SSSR count). The van der Waals surface area contributed by atoms with Gasteiger partial charge in [0.25, 0.3) is 0 Å². The first-order valence-electron chi connectivity index (χ1n) is 8.25. The van der Waals surface area contributed by atoms with E-state index >= 15 is 0 Å². The van der Waals surface area contributed by atoms with Crippen LogP contribution in [0.15, 0.2) is 30.3 Å². The van der Waals surface area contributed by atoms with Crippen LogP contribution in [0.5, 0.6) is 5.75 Å². The summed E-state index contributed by atoms with van der Waals surface area (Å²) < 4.78 is 7.41. The number of methoxy groups -OCH3 is 1. The largest absolute Gasteiger partial charge is 0.496 e. The molecule has 0 radical (unpaired) electrons. The molecule has 2 heterocycles. The second kappa shape index (κ2) is 7.42. The van der Waals surface area contributed by atoms with Gasteiger partial charge in [-0.3, -0.25) is 0 Å². The number of benzene rings is 1. The number of fused-ring (bicyclic) bond motifs is 1. The van der Waals surface area contributed by atoms with Gasteiger partial charge in [0, 0.05) is 31.0 Å². The van der Waals surface area contributed by atoms with Crippen LogP contribution in [-0.2, 0) is 19.4 Å². The quantitative estimate of drug-likeness (QED) is 0.890. The minimum absolute atomic E-state index is 0.455. The molecule has 23 heavy (non-hydrogen) atoms. The smallest absolute Gasteiger partial charge is 0.150 e. The van der Waals surface area contributed by atoms with E-state index in [0.717, 1.165) is 55.3 Å². The number of para-hydroxylation sites is 1. The molecule has 0 unspecified atom stereocenters. The van der Waals surface area contributed by atoms with Gasteiger partial charge in [0.1, 0.15) is 11.6 Å². The van der Waals surface area contributed by atoms with Crippen molar-refractivity contribution in [2.45, 2.75) is 38.8 Å². The van der Waals surface area contributed by atoms with Gasteiger partial charge in [0.05, 0.1) is 13.7 Å². The van der Waals surface area contributed by atoms with Gasteiger partial charge in [0.2, 0.25) is 0 Å². The molecule has 1 atom stereocenters. The number of nitrogens with one attached hydrogen (secondary N) is 1. The van der Waals surface area contributed by atoms with E-state index in [1.165, 1.54) is 0 Å². The Kier molecular flexibility index (Phi) is 5.08. The average molecular weight is 312 g/mol. The molecule has 1 aromatic carbocycles. The van der Waals surface area contributed by atoms with Gasteiger partial charge in [-0.2, -0.15) is 5.10 Å².